The zero-order valence-corrected chi connectivity index (χ0v) is 16.9. The third kappa shape index (κ3) is 8.91. The summed E-state index contributed by atoms with van der Waals surface area (Å²) in [6.07, 6.45) is 3.80. The van der Waals surface area contributed by atoms with Crippen LogP contribution in [0, 0.1) is 11.3 Å². The maximum atomic E-state index is 8.76. The van der Waals surface area contributed by atoms with Gasteiger partial charge in [0.15, 0.2) is 0 Å². The van der Waals surface area contributed by atoms with E-state index in [4.69, 9.17) is 5.26 Å². The summed E-state index contributed by atoms with van der Waals surface area (Å²) in [7, 11) is 1.87. The second-order valence-corrected chi connectivity index (χ2v) is 6.39. The molecule has 3 rings (SSSR count). The van der Waals surface area contributed by atoms with Gasteiger partial charge in [-0.05, 0) is 55.8 Å². The van der Waals surface area contributed by atoms with E-state index >= 15 is 0 Å². The van der Waals surface area contributed by atoms with Crippen LogP contribution < -0.4 is 16.0 Å². The summed E-state index contributed by atoms with van der Waals surface area (Å²) in [5.74, 6) is 0.876. The third-order valence-corrected chi connectivity index (χ3v) is 4.23. The minimum absolute atomic E-state index is 0.712. The van der Waals surface area contributed by atoms with Crippen molar-refractivity contribution in [3.05, 3.63) is 90.1 Å². The number of aromatic nitrogens is 1. The molecule has 0 aliphatic heterocycles. The van der Waals surface area contributed by atoms with Crippen LogP contribution in [0.15, 0.2) is 79.0 Å². The zero-order chi connectivity index (χ0) is 20.6. The van der Waals surface area contributed by atoms with E-state index in [-0.39, 0.29) is 0 Å². The number of nitrogens with zero attached hydrogens (tertiary/aromatic N) is 2. The average molecular weight is 388 g/mol. The fraction of sp³-hybridized carbons (Fsp3) is 0.250. The summed E-state index contributed by atoms with van der Waals surface area (Å²) in [5.41, 5.74) is 3.00. The number of rotatable bonds is 9. The lowest BCUT2D eigenvalue weighted by Gasteiger charge is -2.10. The standard InChI is InChI=1S/C18H23N5.C6H6/c1-20-18-17(4-2-11-23-18)22-12-3-10-21-13-9-15-5-7-16(14-19)8-6-15;1-2-4-6-5-3-1/h2,4-8,11,21-22H,3,9-10,12-13H2,1H3,(H,20,23);1-6H. The summed E-state index contributed by atoms with van der Waals surface area (Å²) in [5, 5.41) is 18.7. The average Bonchev–Trinajstić information content (AvgIpc) is 2.80. The predicted molar refractivity (Wildman–Crippen MR) is 121 cm³/mol. The van der Waals surface area contributed by atoms with Crippen LogP contribution in [0.1, 0.15) is 17.5 Å². The summed E-state index contributed by atoms with van der Waals surface area (Å²) in [6, 6.07) is 25.9. The molecule has 0 bridgehead atoms. The Morgan fingerprint density at radius 1 is 0.862 bits per heavy atom. The molecule has 0 saturated carbocycles. The normalized spacial score (nSPS) is 9.66. The van der Waals surface area contributed by atoms with E-state index < -0.39 is 0 Å². The zero-order valence-electron chi connectivity index (χ0n) is 16.9. The van der Waals surface area contributed by atoms with Crippen LogP contribution >= 0.6 is 0 Å². The van der Waals surface area contributed by atoms with Crippen LogP contribution in [0.2, 0.25) is 0 Å². The van der Waals surface area contributed by atoms with Crippen molar-refractivity contribution in [2.24, 2.45) is 0 Å². The first kappa shape index (κ1) is 21.9. The van der Waals surface area contributed by atoms with Gasteiger partial charge in [0.2, 0.25) is 0 Å². The number of hydrogen-bond donors (Lipinski definition) is 3. The Morgan fingerprint density at radius 3 is 2.17 bits per heavy atom. The molecule has 0 atom stereocenters. The van der Waals surface area contributed by atoms with Gasteiger partial charge in [-0.2, -0.15) is 5.26 Å². The number of hydrogen-bond acceptors (Lipinski definition) is 5. The molecule has 1 aromatic heterocycles. The Bertz CT molecular complexity index is 814. The number of nitriles is 1. The lowest BCUT2D eigenvalue weighted by molar-refractivity contribution is 0.660. The van der Waals surface area contributed by atoms with Gasteiger partial charge in [-0.3, -0.25) is 0 Å². The molecule has 2 aromatic carbocycles. The van der Waals surface area contributed by atoms with Crippen LogP contribution in [0.5, 0.6) is 0 Å². The Morgan fingerprint density at radius 2 is 1.55 bits per heavy atom. The molecule has 5 nitrogen and oxygen atoms in total. The van der Waals surface area contributed by atoms with Crippen molar-refractivity contribution in [1.29, 1.82) is 5.26 Å². The molecule has 0 aliphatic rings. The number of benzene rings is 2. The topological polar surface area (TPSA) is 72.8 Å². The van der Waals surface area contributed by atoms with Crippen molar-refractivity contribution in [2.75, 3.05) is 37.3 Å². The van der Waals surface area contributed by atoms with E-state index in [1.54, 1.807) is 6.20 Å². The summed E-state index contributed by atoms with van der Waals surface area (Å²) < 4.78 is 0. The summed E-state index contributed by atoms with van der Waals surface area (Å²) in [4.78, 5) is 4.26. The van der Waals surface area contributed by atoms with Crippen molar-refractivity contribution in [3.8, 4) is 6.07 Å². The summed E-state index contributed by atoms with van der Waals surface area (Å²) in [6.45, 7) is 2.82. The van der Waals surface area contributed by atoms with E-state index in [1.165, 1.54) is 5.56 Å². The SMILES string of the molecule is CNc1ncccc1NCCCNCCc1ccc(C#N)cc1.c1ccccc1. The third-order valence-electron chi connectivity index (χ3n) is 4.23. The molecule has 0 saturated heterocycles. The van der Waals surface area contributed by atoms with Gasteiger partial charge in [0.05, 0.1) is 17.3 Å². The quantitative estimate of drug-likeness (QED) is 0.477. The van der Waals surface area contributed by atoms with Crippen LogP contribution in [-0.4, -0.2) is 31.7 Å². The Labute approximate surface area is 173 Å². The van der Waals surface area contributed by atoms with Crippen molar-refractivity contribution >= 4 is 11.5 Å². The first-order chi connectivity index (χ1) is 14.3. The highest BCUT2D eigenvalue weighted by atomic mass is 15.0. The van der Waals surface area contributed by atoms with E-state index in [0.717, 1.165) is 44.0 Å². The van der Waals surface area contributed by atoms with Crippen molar-refractivity contribution in [3.63, 3.8) is 0 Å². The van der Waals surface area contributed by atoms with Crippen molar-refractivity contribution in [1.82, 2.24) is 10.3 Å². The molecule has 5 heteroatoms. The number of pyridine rings is 1. The van der Waals surface area contributed by atoms with Gasteiger partial charge in [-0.1, -0.05) is 48.5 Å². The van der Waals surface area contributed by atoms with Gasteiger partial charge in [0, 0.05) is 19.8 Å². The molecule has 0 aliphatic carbocycles. The first-order valence-electron chi connectivity index (χ1n) is 9.90. The van der Waals surface area contributed by atoms with Gasteiger partial charge in [0.1, 0.15) is 5.82 Å². The second kappa shape index (κ2) is 13.8. The Kier molecular flexibility index (Phi) is 10.4. The second-order valence-electron chi connectivity index (χ2n) is 6.39. The molecular formula is C24H29N5. The molecule has 0 spiro atoms. The maximum absolute atomic E-state index is 8.76. The number of nitrogens with one attached hydrogen (secondary N) is 3. The van der Waals surface area contributed by atoms with E-state index in [0.29, 0.717) is 5.56 Å². The molecule has 1 heterocycles. The molecule has 3 aromatic rings. The Balaban J connectivity index is 0.000000426. The molecule has 150 valence electrons. The lowest BCUT2D eigenvalue weighted by atomic mass is 10.1. The molecule has 0 radical (unpaired) electrons. The highest BCUT2D eigenvalue weighted by Crippen LogP contribution is 2.16. The monoisotopic (exact) mass is 387 g/mol. The predicted octanol–water partition coefficient (Wildman–Crippen LogP) is 4.32. The highest BCUT2D eigenvalue weighted by molar-refractivity contribution is 5.63. The Hall–Kier alpha value is -3.36. The minimum Gasteiger partial charge on any atom is -0.382 e. The molecule has 3 N–H and O–H groups in total. The first-order valence-corrected chi connectivity index (χ1v) is 9.90. The van der Waals surface area contributed by atoms with Crippen molar-refractivity contribution < 1.29 is 0 Å². The fourth-order valence-electron chi connectivity index (χ4n) is 2.67. The van der Waals surface area contributed by atoms with Gasteiger partial charge in [-0.25, -0.2) is 4.98 Å². The molecule has 0 unspecified atom stereocenters. The maximum Gasteiger partial charge on any atom is 0.149 e. The van der Waals surface area contributed by atoms with Crippen LogP contribution in [0.4, 0.5) is 11.5 Å². The highest BCUT2D eigenvalue weighted by Gasteiger charge is 1.99. The molecule has 29 heavy (non-hydrogen) atoms. The van der Waals surface area contributed by atoms with E-state index in [1.807, 2.05) is 79.8 Å². The molecular weight excluding hydrogens is 358 g/mol. The van der Waals surface area contributed by atoms with E-state index in [9.17, 15) is 0 Å². The smallest absolute Gasteiger partial charge is 0.149 e. The lowest BCUT2D eigenvalue weighted by Crippen LogP contribution is -2.20. The largest absolute Gasteiger partial charge is 0.382 e. The molecule has 0 fully saturated rings. The minimum atomic E-state index is 0.712. The fourth-order valence-corrected chi connectivity index (χ4v) is 2.67. The summed E-state index contributed by atoms with van der Waals surface area (Å²) >= 11 is 0. The number of anilines is 2. The van der Waals surface area contributed by atoms with Gasteiger partial charge in [-0.15, -0.1) is 0 Å². The molecule has 0 amide bonds. The van der Waals surface area contributed by atoms with Gasteiger partial charge < -0.3 is 16.0 Å². The van der Waals surface area contributed by atoms with Gasteiger partial charge in [0.25, 0.3) is 0 Å². The van der Waals surface area contributed by atoms with Gasteiger partial charge >= 0.3 is 0 Å². The van der Waals surface area contributed by atoms with Crippen molar-refractivity contribution in [2.45, 2.75) is 12.8 Å². The van der Waals surface area contributed by atoms with E-state index in [2.05, 4.69) is 27.0 Å². The van der Waals surface area contributed by atoms with Crippen LogP contribution in [-0.2, 0) is 6.42 Å². The van der Waals surface area contributed by atoms with Crippen LogP contribution in [0.25, 0.3) is 0 Å². The van der Waals surface area contributed by atoms with Crippen LogP contribution in [0.3, 0.4) is 0 Å².